The molecule has 0 unspecified atom stereocenters. The minimum absolute atomic E-state index is 1.00. The Kier molecular flexibility index (Phi) is 4.43. The number of hydrogen-bond donors (Lipinski definition) is 2. The van der Waals surface area contributed by atoms with Gasteiger partial charge in [0.1, 0.15) is 0 Å². The van der Waals surface area contributed by atoms with Gasteiger partial charge in [0, 0.05) is 0 Å². The summed E-state index contributed by atoms with van der Waals surface area (Å²) in [5.41, 5.74) is 2.28. The Morgan fingerprint density at radius 3 is 2.79 bits per heavy atom. The van der Waals surface area contributed by atoms with Crippen LogP contribution in [0.15, 0.2) is 30.2 Å². The molecule has 0 spiro atoms. The molecular weight excluding hydrogens is 175 g/mol. The third kappa shape index (κ3) is 3.77. The van der Waals surface area contributed by atoms with Gasteiger partial charge < -0.3 is 10.0 Å². The molecule has 1 aromatic rings. The standard InChI is InChI=1S/C11H15BO2/c1-2-4-10-5-3-6-11(9-10)7-8-12(13)14/h3,5-9,13-14H,2,4H2,1H3/b8-7+. The Labute approximate surface area is 85.0 Å². The predicted octanol–water partition coefficient (Wildman–Crippen LogP) is 1.66. The molecule has 0 atom stereocenters. The van der Waals surface area contributed by atoms with Gasteiger partial charge in [0.25, 0.3) is 0 Å². The minimum Gasteiger partial charge on any atom is -0.424 e. The summed E-state index contributed by atoms with van der Waals surface area (Å²) in [7, 11) is -1.37. The Morgan fingerprint density at radius 2 is 2.14 bits per heavy atom. The number of aryl methyl sites for hydroxylation is 1. The van der Waals surface area contributed by atoms with E-state index in [0.717, 1.165) is 18.4 Å². The highest BCUT2D eigenvalue weighted by Gasteiger charge is 1.98. The maximum atomic E-state index is 8.66. The largest absolute Gasteiger partial charge is 0.480 e. The maximum absolute atomic E-state index is 8.66. The molecule has 0 aliphatic rings. The molecular formula is C11H15BO2. The van der Waals surface area contributed by atoms with Crippen molar-refractivity contribution in [3.8, 4) is 0 Å². The second-order valence-electron chi connectivity index (χ2n) is 3.27. The lowest BCUT2D eigenvalue weighted by atomic mass is 9.90. The molecule has 1 rings (SSSR count). The number of rotatable bonds is 4. The Balaban J connectivity index is 2.73. The third-order valence-corrected chi connectivity index (χ3v) is 1.95. The minimum atomic E-state index is -1.37. The second kappa shape index (κ2) is 5.63. The highest BCUT2D eigenvalue weighted by atomic mass is 16.4. The van der Waals surface area contributed by atoms with E-state index in [9.17, 15) is 0 Å². The third-order valence-electron chi connectivity index (χ3n) is 1.95. The van der Waals surface area contributed by atoms with Crippen molar-refractivity contribution in [3.05, 3.63) is 41.4 Å². The molecule has 0 aromatic heterocycles. The van der Waals surface area contributed by atoms with Crippen LogP contribution < -0.4 is 0 Å². The van der Waals surface area contributed by atoms with E-state index in [-0.39, 0.29) is 0 Å². The van der Waals surface area contributed by atoms with E-state index in [1.165, 1.54) is 11.5 Å². The fourth-order valence-electron chi connectivity index (χ4n) is 1.34. The molecule has 0 bridgehead atoms. The summed E-state index contributed by atoms with van der Waals surface area (Å²) in [6, 6.07) is 8.06. The van der Waals surface area contributed by atoms with Gasteiger partial charge in [-0.2, -0.15) is 0 Å². The van der Waals surface area contributed by atoms with Crippen LogP contribution in [-0.2, 0) is 6.42 Å². The molecule has 2 N–H and O–H groups in total. The fraction of sp³-hybridized carbons (Fsp3) is 0.273. The Bertz CT molecular complexity index is 308. The highest BCUT2D eigenvalue weighted by Crippen LogP contribution is 2.08. The summed E-state index contributed by atoms with van der Waals surface area (Å²) in [6.45, 7) is 2.14. The Hall–Kier alpha value is -1.06. The maximum Gasteiger partial charge on any atom is 0.480 e. The van der Waals surface area contributed by atoms with E-state index >= 15 is 0 Å². The van der Waals surface area contributed by atoms with Crippen LogP contribution in [-0.4, -0.2) is 17.2 Å². The summed E-state index contributed by atoms with van der Waals surface area (Å²) >= 11 is 0. The highest BCUT2D eigenvalue weighted by molar-refractivity contribution is 6.48. The van der Waals surface area contributed by atoms with Gasteiger partial charge in [-0.05, 0) is 17.5 Å². The topological polar surface area (TPSA) is 40.5 Å². The van der Waals surface area contributed by atoms with Gasteiger partial charge in [-0.3, -0.25) is 0 Å². The van der Waals surface area contributed by atoms with Crippen molar-refractivity contribution in [2.45, 2.75) is 19.8 Å². The smallest absolute Gasteiger partial charge is 0.424 e. The predicted molar refractivity (Wildman–Crippen MR) is 59.7 cm³/mol. The lowest BCUT2D eigenvalue weighted by Crippen LogP contribution is -2.05. The number of hydrogen-bond acceptors (Lipinski definition) is 2. The van der Waals surface area contributed by atoms with E-state index in [0.29, 0.717) is 0 Å². The molecule has 0 saturated heterocycles. The van der Waals surface area contributed by atoms with Crippen LogP contribution in [0.2, 0.25) is 0 Å². The van der Waals surface area contributed by atoms with Gasteiger partial charge in [0.2, 0.25) is 0 Å². The molecule has 0 saturated carbocycles. The van der Waals surface area contributed by atoms with Crippen LogP contribution in [0.25, 0.3) is 6.08 Å². The SMILES string of the molecule is CCCc1cccc(/C=C/B(O)O)c1. The van der Waals surface area contributed by atoms with Crippen LogP contribution in [0.4, 0.5) is 0 Å². The van der Waals surface area contributed by atoms with E-state index < -0.39 is 7.12 Å². The molecule has 0 amide bonds. The molecule has 0 heterocycles. The molecule has 1 aromatic carbocycles. The van der Waals surface area contributed by atoms with E-state index in [2.05, 4.69) is 19.1 Å². The lowest BCUT2D eigenvalue weighted by Gasteiger charge is -1.99. The monoisotopic (exact) mass is 190 g/mol. The molecule has 0 radical (unpaired) electrons. The van der Waals surface area contributed by atoms with Crippen LogP contribution in [0.1, 0.15) is 24.5 Å². The van der Waals surface area contributed by atoms with Gasteiger partial charge in [0.05, 0.1) is 0 Å². The summed E-state index contributed by atoms with van der Waals surface area (Å²) in [5, 5.41) is 17.3. The van der Waals surface area contributed by atoms with Crippen molar-refractivity contribution in [3.63, 3.8) is 0 Å². The number of benzene rings is 1. The lowest BCUT2D eigenvalue weighted by molar-refractivity contribution is 0.424. The van der Waals surface area contributed by atoms with Crippen molar-refractivity contribution in [1.82, 2.24) is 0 Å². The molecule has 74 valence electrons. The van der Waals surface area contributed by atoms with Gasteiger partial charge in [-0.15, -0.1) is 0 Å². The molecule has 3 heteroatoms. The summed E-state index contributed by atoms with van der Waals surface area (Å²) in [5.74, 6) is 1.35. The van der Waals surface area contributed by atoms with Gasteiger partial charge in [-0.25, -0.2) is 0 Å². The summed E-state index contributed by atoms with van der Waals surface area (Å²) < 4.78 is 0. The average molecular weight is 190 g/mol. The first kappa shape index (κ1) is 11.0. The van der Waals surface area contributed by atoms with Gasteiger partial charge in [-0.1, -0.05) is 49.7 Å². The van der Waals surface area contributed by atoms with Crippen LogP contribution in [0.3, 0.4) is 0 Å². The van der Waals surface area contributed by atoms with Crippen LogP contribution in [0.5, 0.6) is 0 Å². The quantitative estimate of drug-likeness (QED) is 0.709. The van der Waals surface area contributed by atoms with E-state index in [1.54, 1.807) is 6.08 Å². The fourth-order valence-corrected chi connectivity index (χ4v) is 1.34. The first-order chi connectivity index (χ1) is 6.72. The zero-order valence-corrected chi connectivity index (χ0v) is 8.35. The zero-order chi connectivity index (χ0) is 10.4. The van der Waals surface area contributed by atoms with Crippen LogP contribution >= 0.6 is 0 Å². The molecule has 14 heavy (non-hydrogen) atoms. The molecule has 2 nitrogen and oxygen atoms in total. The molecule has 0 aliphatic carbocycles. The first-order valence-corrected chi connectivity index (χ1v) is 4.85. The van der Waals surface area contributed by atoms with Crippen molar-refractivity contribution in [2.24, 2.45) is 0 Å². The molecule has 0 aliphatic heterocycles. The van der Waals surface area contributed by atoms with Crippen LogP contribution in [0, 0.1) is 0 Å². The van der Waals surface area contributed by atoms with Crippen molar-refractivity contribution in [1.29, 1.82) is 0 Å². The second-order valence-corrected chi connectivity index (χ2v) is 3.27. The normalized spacial score (nSPS) is 10.8. The summed E-state index contributed by atoms with van der Waals surface area (Å²) in [4.78, 5) is 0. The Morgan fingerprint density at radius 1 is 1.36 bits per heavy atom. The van der Waals surface area contributed by atoms with Crippen molar-refractivity contribution >= 4 is 13.2 Å². The zero-order valence-electron chi connectivity index (χ0n) is 8.35. The van der Waals surface area contributed by atoms with Crippen molar-refractivity contribution in [2.75, 3.05) is 0 Å². The van der Waals surface area contributed by atoms with Gasteiger partial charge in [0.15, 0.2) is 0 Å². The summed E-state index contributed by atoms with van der Waals surface area (Å²) in [6.07, 6.45) is 3.89. The first-order valence-electron chi connectivity index (χ1n) is 4.85. The van der Waals surface area contributed by atoms with Gasteiger partial charge >= 0.3 is 7.12 Å². The van der Waals surface area contributed by atoms with E-state index in [4.69, 9.17) is 10.0 Å². The molecule has 0 fully saturated rings. The average Bonchev–Trinajstić information content (AvgIpc) is 2.16. The van der Waals surface area contributed by atoms with E-state index in [1.807, 2.05) is 12.1 Å². The van der Waals surface area contributed by atoms with Crippen molar-refractivity contribution < 1.29 is 10.0 Å².